The molecule has 146 valence electrons. The van der Waals surface area contributed by atoms with Crippen molar-refractivity contribution in [3.63, 3.8) is 0 Å². The zero-order chi connectivity index (χ0) is 20.3. The lowest BCUT2D eigenvalue weighted by Gasteiger charge is -2.26. The van der Waals surface area contributed by atoms with Crippen LogP contribution in [0.15, 0.2) is 47.0 Å². The predicted octanol–water partition coefficient (Wildman–Crippen LogP) is 4.41. The van der Waals surface area contributed by atoms with Crippen LogP contribution in [0, 0.1) is 13.8 Å². The fraction of sp³-hybridized carbons (Fsp3) is 0.318. The van der Waals surface area contributed by atoms with E-state index in [0.29, 0.717) is 17.3 Å². The van der Waals surface area contributed by atoms with E-state index < -0.39 is 0 Å². The molecule has 6 nitrogen and oxygen atoms in total. The summed E-state index contributed by atoms with van der Waals surface area (Å²) in [6.45, 7) is 8.13. The lowest BCUT2D eigenvalue weighted by molar-refractivity contribution is 0.0666. The number of hydrogen-bond acceptors (Lipinski definition) is 5. The first-order valence-electron chi connectivity index (χ1n) is 9.24. The predicted molar refractivity (Wildman–Crippen MR) is 107 cm³/mol. The minimum Gasteiger partial charge on any atom is -0.497 e. The van der Waals surface area contributed by atoms with Crippen molar-refractivity contribution in [2.75, 3.05) is 7.11 Å². The second kappa shape index (κ2) is 8.25. The second-order valence-corrected chi connectivity index (χ2v) is 7.09. The molecule has 0 aliphatic heterocycles. The van der Waals surface area contributed by atoms with Gasteiger partial charge in [-0.15, -0.1) is 0 Å². The van der Waals surface area contributed by atoms with Crippen LogP contribution in [0.3, 0.4) is 0 Å². The van der Waals surface area contributed by atoms with Crippen LogP contribution >= 0.6 is 0 Å². The van der Waals surface area contributed by atoms with Gasteiger partial charge in [-0.1, -0.05) is 22.9 Å². The lowest BCUT2D eigenvalue weighted by Crippen LogP contribution is -2.37. The molecule has 0 N–H and O–H groups in total. The monoisotopic (exact) mass is 379 g/mol. The molecule has 0 spiro atoms. The summed E-state index contributed by atoms with van der Waals surface area (Å²) in [4.78, 5) is 19.3. The SMILES string of the molecule is COc1ccc(-c2noc(CN(C(=O)c3cc(C)ccc3C)C(C)C)n2)cc1. The summed E-state index contributed by atoms with van der Waals surface area (Å²) in [5.41, 5.74) is 3.53. The highest BCUT2D eigenvalue weighted by Crippen LogP contribution is 2.21. The van der Waals surface area contributed by atoms with E-state index in [2.05, 4.69) is 10.1 Å². The van der Waals surface area contributed by atoms with Gasteiger partial charge in [0.1, 0.15) is 12.3 Å². The molecule has 2 aromatic carbocycles. The van der Waals surface area contributed by atoms with Crippen molar-refractivity contribution >= 4 is 5.91 Å². The topological polar surface area (TPSA) is 68.5 Å². The molecular formula is C22H25N3O3. The van der Waals surface area contributed by atoms with Gasteiger partial charge in [0.2, 0.25) is 11.7 Å². The maximum absolute atomic E-state index is 13.1. The Morgan fingerprint density at radius 1 is 1.14 bits per heavy atom. The van der Waals surface area contributed by atoms with Gasteiger partial charge in [0.05, 0.1) is 7.11 Å². The van der Waals surface area contributed by atoms with Gasteiger partial charge in [-0.2, -0.15) is 4.98 Å². The number of benzene rings is 2. The number of carbonyl (C=O) groups is 1. The van der Waals surface area contributed by atoms with Crippen molar-refractivity contribution < 1.29 is 14.1 Å². The van der Waals surface area contributed by atoms with Crippen LogP contribution < -0.4 is 4.74 Å². The summed E-state index contributed by atoms with van der Waals surface area (Å²) in [5.74, 6) is 1.61. The normalized spacial score (nSPS) is 10.9. The second-order valence-electron chi connectivity index (χ2n) is 7.09. The van der Waals surface area contributed by atoms with E-state index in [0.717, 1.165) is 22.4 Å². The average molecular weight is 379 g/mol. The molecule has 1 amide bonds. The quantitative estimate of drug-likeness (QED) is 0.634. The molecule has 0 aliphatic rings. The summed E-state index contributed by atoms with van der Waals surface area (Å²) < 4.78 is 10.6. The minimum absolute atomic E-state index is 0.0104. The maximum atomic E-state index is 13.1. The van der Waals surface area contributed by atoms with Crippen molar-refractivity contribution in [1.82, 2.24) is 15.0 Å². The number of ether oxygens (including phenoxy) is 1. The molecule has 0 saturated heterocycles. The summed E-state index contributed by atoms with van der Waals surface area (Å²) in [6, 6.07) is 13.3. The van der Waals surface area contributed by atoms with Gasteiger partial charge < -0.3 is 14.2 Å². The van der Waals surface area contributed by atoms with Crippen LogP contribution in [0.5, 0.6) is 5.75 Å². The molecule has 28 heavy (non-hydrogen) atoms. The molecule has 0 radical (unpaired) electrons. The van der Waals surface area contributed by atoms with Crippen LogP contribution in [0.1, 0.15) is 41.2 Å². The Hall–Kier alpha value is -3.15. The number of nitrogens with zero attached hydrogens (tertiary/aromatic N) is 3. The minimum atomic E-state index is -0.0413. The highest BCUT2D eigenvalue weighted by atomic mass is 16.5. The smallest absolute Gasteiger partial charge is 0.254 e. The highest BCUT2D eigenvalue weighted by molar-refractivity contribution is 5.96. The van der Waals surface area contributed by atoms with Crippen LogP contribution in [-0.4, -0.2) is 34.1 Å². The molecule has 1 aromatic heterocycles. The largest absolute Gasteiger partial charge is 0.497 e. The molecule has 0 aliphatic carbocycles. The van der Waals surface area contributed by atoms with Gasteiger partial charge >= 0.3 is 0 Å². The number of rotatable bonds is 6. The standard InChI is InChI=1S/C22H25N3O3/c1-14(2)25(22(26)19-12-15(3)6-7-16(19)4)13-20-23-21(24-28-20)17-8-10-18(27-5)11-9-17/h6-12,14H,13H2,1-5H3. The molecule has 0 unspecified atom stereocenters. The molecule has 0 bridgehead atoms. The van der Waals surface area contributed by atoms with Gasteiger partial charge in [-0.05, 0) is 63.6 Å². The fourth-order valence-electron chi connectivity index (χ4n) is 2.93. The summed E-state index contributed by atoms with van der Waals surface area (Å²) in [5, 5.41) is 4.05. The van der Waals surface area contributed by atoms with Crippen LogP contribution in [0.2, 0.25) is 0 Å². The molecule has 6 heteroatoms. The first-order chi connectivity index (χ1) is 13.4. The first kappa shape index (κ1) is 19.6. The number of methoxy groups -OCH3 is 1. The third-order valence-electron chi connectivity index (χ3n) is 4.63. The van der Waals surface area contributed by atoms with Gasteiger partial charge in [-0.3, -0.25) is 4.79 Å². The number of aromatic nitrogens is 2. The van der Waals surface area contributed by atoms with Crippen molar-refractivity contribution in [2.45, 2.75) is 40.3 Å². The Morgan fingerprint density at radius 2 is 1.86 bits per heavy atom. The van der Waals surface area contributed by atoms with Crippen LogP contribution in [-0.2, 0) is 6.54 Å². The Labute approximate surface area is 165 Å². The Morgan fingerprint density at radius 3 is 2.50 bits per heavy atom. The molecular weight excluding hydrogens is 354 g/mol. The number of carbonyl (C=O) groups excluding carboxylic acids is 1. The van der Waals surface area contributed by atoms with Crippen molar-refractivity contribution in [3.8, 4) is 17.1 Å². The average Bonchev–Trinajstić information content (AvgIpc) is 3.16. The molecule has 3 aromatic rings. The summed E-state index contributed by atoms with van der Waals surface area (Å²) in [6.07, 6.45) is 0. The van der Waals surface area contributed by atoms with Crippen LogP contribution in [0.4, 0.5) is 0 Å². The van der Waals surface area contributed by atoms with Crippen molar-refractivity contribution in [3.05, 3.63) is 65.0 Å². The zero-order valence-electron chi connectivity index (χ0n) is 16.9. The Kier molecular flexibility index (Phi) is 5.78. The van der Waals surface area contributed by atoms with Gasteiger partial charge in [0.15, 0.2) is 0 Å². The molecule has 0 saturated carbocycles. The van der Waals surface area contributed by atoms with E-state index in [1.165, 1.54) is 0 Å². The fourth-order valence-corrected chi connectivity index (χ4v) is 2.93. The van der Waals surface area contributed by atoms with E-state index >= 15 is 0 Å². The highest BCUT2D eigenvalue weighted by Gasteiger charge is 2.23. The number of amides is 1. The van der Waals surface area contributed by atoms with E-state index in [9.17, 15) is 4.79 Å². The summed E-state index contributed by atoms with van der Waals surface area (Å²) in [7, 11) is 1.62. The summed E-state index contributed by atoms with van der Waals surface area (Å²) >= 11 is 0. The third-order valence-corrected chi connectivity index (χ3v) is 4.63. The first-order valence-corrected chi connectivity index (χ1v) is 9.24. The van der Waals surface area contributed by atoms with Crippen molar-refractivity contribution in [2.24, 2.45) is 0 Å². The molecule has 0 fully saturated rings. The van der Waals surface area contributed by atoms with E-state index in [-0.39, 0.29) is 18.5 Å². The molecule has 1 heterocycles. The van der Waals surface area contributed by atoms with Gasteiger partial charge in [0, 0.05) is 17.2 Å². The van der Waals surface area contributed by atoms with Gasteiger partial charge in [-0.25, -0.2) is 0 Å². The maximum Gasteiger partial charge on any atom is 0.254 e. The Balaban J connectivity index is 1.82. The zero-order valence-corrected chi connectivity index (χ0v) is 16.9. The molecule has 0 atom stereocenters. The molecule has 3 rings (SSSR count). The third kappa shape index (κ3) is 4.22. The Bertz CT molecular complexity index is 961. The lowest BCUT2D eigenvalue weighted by atomic mass is 10.0. The van der Waals surface area contributed by atoms with E-state index in [1.807, 2.05) is 70.2 Å². The van der Waals surface area contributed by atoms with Gasteiger partial charge in [0.25, 0.3) is 5.91 Å². The van der Waals surface area contributed by atoms with Crippen molar-refractivity contribution in [1.29, 1.82) is 0 Å². The van der Waals surface area contributed by atoms with E-state index in [4.69, 9.17) is 9.26 Å². The number of hydrogen-bond donors (Lipinski definition) is 0. The van der Waals surface area contributed by atoms with Crippen LogP contribution in [0.25, 0.3) is 11.4 Å². The number of aryl methyl sites for hydroxylation is 2. The van der Waals surface area contributed by atoms with E-state index in [1.54, 1.807) is 12.0 Å².